The first-order valence-corrected chi connectivity index (χ1v) is 31.6. The molecule has 0 aliphatic heterocycles. The van der Waals surface area contributed by atoms with Crippen LogP contribution in [0.15, 0.2) is 266 Å². The van der Waals surface area contributed by atoms with Gasteiger partial charge in [-0.25, -0.2) is 4.39 Å². The molecule has 0 unspecified atom stereocenters. The Morgan fingerprint density at radius 3 is 1.17 bits per heavy atom. The van der Waals surface area contributed by atoms with Crippen LogP contribution in [-0.4, -0.2) is 47.6 Å². The van der Waals surface area contributed by atoms with Gasteiger partial charge in [0.1, 0.15) is 5.82 Å². The third kappa shape index (κ3) is 23.1. The van der Waals surface area contributed by atoms with Crippen molar-refractivity contribution in [2.75, 3.05) is 0 Å². The summed E-state index contributed by atoms with van der Waals surface area (Å²) < 4.78 is 16.6. The molecule has 0 spiro atoms. The Kier molecular flexibility index (Phi) is 31.4. The normalized spacial score (nSPS) is 10.7. The average Bonchev–Trinajstić information content (AvgIpc) is 1.81. The van der Waals surface area contributed by atoms with E-state index in [9.17, 15) is 18.8 Å². The molecule has 0 aliphatic carbocycles. The van der Waals surface area contributed by atoms with Crippen molar-refractivity contribution in [2.45, 2.75) is 48.5 Å². The van der Waals surface area contributed by atoms with Gasteiger partial charge >= 0.3 is 0 Å². The molecular formula is C79H65FIr3N3O6S3-3. The summed E-state index contributed by atoms with van der Waals surface area (Å²) in [5.74, 6) is -0.405. The van der Waals surface area contributed by atoms with Gasteiger partial charge in [-0.3, -0.25) is 29.3 Å². The van der Waals surface area contributed by atoms with Crippen LogP contribution in [0.4, 0.5) is 4.39 Å². The number of pyridine rings is 3. The average molecular weight is 1840 g/mol. The molecule has 13 rings (SSSR count). The van der Waals surface area contributed by atoms with Crippen molar-refractivity contribution in [2.24, 2.45) is 0 Å². The fourth-order valence-corrected chi connectivity index (χ4v) is 12.6. The molecule has 3 N–H and O–H groups in total. The molecule has 487 valence electrons. The van der Waals surface area contributed by atoms with Crippen molar-refractivity contribution in [3.05, 3.63) is 296 Å². The summed E-state index contributed by atoms with van der Waals surface area (Å²) >= 11 is 5.28. The summed E-state index contributed by atoms with van der Waals surface area (Å²) in [5, 5.41) is 25.1. The Hall–Kier alpha value is -8.62. The molecule has 13 aromatic rings. The minimum absolute atomic E-state index is 0. The molecule has 0 aliphatic rings. The smallest absolute Gasteiger partial charge is 0.155 e. The van der Waals surface area contributed by atoms with E-state index >= 15 is 0 Å². The van der Waals surface area contributed by atoms with Gasteiger partial charge in [-0.2, -0.15) is 0 Å². The molecule has 3 radical (unpaired) electrons. The number of aryl methyl sites for hydroxylation is 1. The first-order valence-electron chi connectivity index (χ1n) is 29.1. The van der Waals surface area contributed by atoms with Gasteiger partial charge in [0.25, 0.3) is 0 Å². The van der Waals surface area contributed by atoms with Crippen LogP contribution in [0.5, 0.6) is 0 Å². The molecular weight excluding hydrogens is 1780 g/mol. The van der Waals surface area contributed by atoms with Crippen molar-refractivity contribution >= 4 is 82.0 Å². The summed E-state index contributed by atoms with van der Waals surface area (Å²) in [6.07, 6.45) is 3.50. The number of thiophene rings is 3. The molecule has 0 bridgehead atoms. The van der Waals surface area contributed by atoms with E-state index in [4.69, 9.17) is 30.3 Å². The Bertz CT molecular complexity index is 4600. The number of nitrogens with zero attached hydrogens (tertiary/aromatic N) is 3. The van der Waals surface area contributed by atoms with Crippen LogP contribution in [0, 0.1) is 30.9 Å². The number of hydrogen-bond donors (Lipinski definition) is 3. The van der Waals surface area contributed by atoms with Gasteiger partial charge in [0.15, 0.2) is 17.3 Å². The maximum Gasteiger partial charge on any atom is 0.155 e. The number of aliphatic hydroxyl groups excluding tert-OH is 3. The van der Waals surface area contributed by atoms with Crippen molar-refractivity contribution in [1.29, 1.82) is 0 Å². The van der Waals surface area contributed by atoms with Crippen LogP contribution in [0.25, 0.3) is 107 Å². The maximum absolute atomic E-state index is 13.0. The molecule has 6 heterocycles. The standard InChI is InChI=1S/C25H16NS.C20H14NS.C19H11FNS.3C5H8O2.3Ir/c1-4-10-18(11-5-1)21-16-17-22-24(26-21)23(19-12-6-2-7-13-19)25(27-22)20-14-8-3-9-15-20;1-14-19-18(22-20(14)16-10-6-3-7-11-16)13-12-17(21-19)15-8-4-2-5-9-15;20-15-8-6-14(7-9-15)19-12-17-18(22-19)11-10-16(21-17)13-4-2-1-3-5-13;3*1-4(6)3-5(2)7;;;/h1-10,12-17H;2-8,10-13H,1H3;1-4,6-12H;3*3,6H,1-2H3;;;/q3*-1;;;;;;. The van der Waals surface area contributed by atoms with Crippen LogP contribution in [0.3, 0.4) is 0 Å². The number of fused-ring (bicyclic) bond motifs is 3. The van der Waals surface area contributed by atoms with E-state index in [1.807, 2.05) is 90.2 Å². The molecule has 7 aromatic carbocycles. The summed E-state index contributed by atoms with van der Waals surface area (Å²) in [7, 11) is 0. The SMILES string of the molecule is CC(=O)C=C(C)O.CC(=O)C=C(C)O.CC(=O)C=C(C)O.Cc1c(-c2ccccc2)sc2ccc(-c3[c-]cccc3)nc12.Fc1ccc(-c2cc3nc(-c4[c-]cccc4)ccc3s2)cc1.[Ir].[Ir].[Ir].[c-]1ccccc1-c1ccc2sc(-c3ccccc3)c(-c3ccccc3)c2n1. The molecule has 0 saturated carbocycles. The van der Waals surface area contributed by atoms with Crippen LogP contribution in [-0.2, 0) is 74.7 Å². The molecule has 16 heteroatoms. The number of benzene rings is 7. The summed E-state index contributed by atoms with van der Waals surface area (Å²) in [6.45, 7) is 10.7. The van der Waals surface area contributed by atoms with Gasteiger partial charge in [-0.15, -0.1) is 142 Å². The topological polar surface area (TPSA) is 151 Å². The molecule has 0 amide bonds. The zero-order valence-corrected chi connectivity index (χ0v) is 62.3. The summed E-state index contributed by atoms with van der Waals surface area (Å²) in [5.41, 5.74) is 16.2. The number of rotatable bonds is 10. The largest absolute Gasteiger partial charge is 0.512 e. The van der Waals surface area contributed by atoms with Crippen LogP contribution in [0.2, 0.25) is 0 Å². The van der Waals surface area contributed by atoms with Gasteiger partial charge < -0.3 is 15.3 Å². The molecule has 6 aromatic heterocycles. The Labute approximate surface area is 606 Å². The number of hydrogen-bond acceptors (Lipinski definition) is 12. The fourth-order valence-electron chi connectivity index (χ4n) is 9.27. The Morgan fingerprint density at radius 2 is 0.768 bits per heavy atom. The van der Waals surface area contributed by atoms with Crippen LogP contribution in [0.1, 0.15) is 47.1 Å². The monoisotopic (exact) mass is 1850 g/mol. The van der Waals surface area contributed by atoms with E-state index < -0.39 is 0 Å². The molecule has 9 nitrogen and oxygen atoms in total. The van der Waals surface area contributed by atoms with Gasteiger partial charge in [0.2, 0.25) is 0 Å². The zero-order chi connectivity index (χ0) is 65.5. The number of allylic oxidation sites excluding steroid dienone is 6. The first-order chi connectivity index (χ1) is 44.4. The van der Waals surface area contributed by atoms with Crippen molar-refractivity contribution in [3.63, 3.8) is 0 Å². The number of carbonyl (C=O) groups excluding carboxylic acids is 3. The van der Waals surface area contributed by atoms with E-state index in [1.165, 1.54) is 119 Å². The number of halogens is 1. The number of ketones is 3. The minimum atomic E-state index is -0.218. The van der Waals surface area contributed by atoms with E-state index in [-0.39, 0.29) is 101 Å². The molecule has 0 saturated heterocycles. The minimum Gasteiger partial charge on any atom is -0.512 e. The summed E-state index contributed by atoms with van der Waals surface area (Å²) in [6, 6.07) is 86.4. The van der Waals surface area contributed by atoms with Gasteiger partial charge in [0.05, 0.1) is 47.9 Å². The predicted molar refractivity (Wildman–Crippen MR) is 379 cm³/mol. The van der Waals surface area contributed by atoms with Gasteiger partial charge in [-0.1, -0.05) is 121 Å². The van der Waals surface area contributed by atoms with Crippen molar-refractivity contribution in [3.8, 4) is 76.2 Å². The predicted octanol–water partition coefficient (Wildman–Crippen LogP) is 21.5. The number of carbonyl (C=O) groups is 3. The van der Waals surface area contributed by atoms with E-state index in [0.717, 1.165) is 65.5 Å². The van der Waals surface area contributed by atoms with Crippen LogP contribution >= 0.6 is 34.0 Å². The number of aliphatic hydroxyl groups is 3. The van der Waals surface area contributed by atoms with E-state index in [2.05, 4.69) is 153 Å². The molecule has 0 fully saturated rings. The van der Waals surface area contributed by atoms with E-state index in [0.29, 0.717) is 0 Å². The second kappa shape index (κ2) is 38.7. The second-order valence-corrected chi connectivity index (χ2v) is 24.0. The Morgan fingerprint density at radius 1 is 0.400 bits per heavy atom. The van der Waals surface area contributed by atoms with E-state index in [1.54, 1.807) is 34.8 Å². The Balaban J connectivity index is 0.000000222. The second-order valence-electron chi connectivity index (χ2n) is 20.8. The third-order valence-corrected chi connectivity index (χ3v) is 16.8. The van der Waals surface area contributed by atoms with Crippen molar-refractivity contribution < 1.29 is 94.4 Å². The fraction of sp³-hybridized carbons (Fsp3) is 0.0886. The third-order valence-electron chi connectivity index (χ3n) is 13.1. The quantitative estimate of drug-likeness (QED) is 0.0691. The summed E-state index contributed by atoms with van der Waals surface area (Å²) in [4.78, 5) is 48.3. The van der Waals surface area contributed by atoms with Gasteiger partial charge in [0, 0.05) is 98.7 Å². The van der Waals surface area contributed by atoms with Crippen molar-refractivity contribution in [1.82, 2.24) is 15.0 Å². The van der Waals surface area contributed by atoms with Crippen LogP contribution < -0.4 is 0 Å². The maximum atomic E-state index is 13.0. The number of aromatic nitrogens is 3. The molecule has 95 heavy (non-hydrogen) atoms. The molecule has 0 atom stereocenters. The zero-order valence-electron chi connectivity index (χ0n) is 52.7. The van der Waals surface area contributed by atoms with Gasteiger partial charge in [-0.05, 0) is 130 Å². The first kappa shape index (κ1) is 77.1.